The summed E-state index contributed by atoms with van der Waals surface area (Å²) in [5.74, 6) is -0.135. The minimum absolute atomic E-state index is 0.174. The average molecular weight is 285 g/mol. The van der Waals surface area contributed by atoms with Gasteiger partial charge in [-0.05, 0) is 30.5 Å². The van der Waals surface area contributed by atoms with Crippen LogP contribution in [0.15, 0.2) is 23.1 Å². The molecule has 0 radical (unpaired) electrons. The van der Waals surface area contributed by atoms with Crippen LogP contribution < -0.4 is 5.32 Å². The van der Waals surface area contributed by atoms with Crippen molar-refractivity contribution in [3.63, 3.8) is 0 Å². The van der Waals surface area contributed by atoms with E-state index in [0.717, 1.165) is 13.0 Å². The second-order valence-corrected chi connectivity index (χ2v) is 5.23. The highest BCUT2D eigenvalue weighted by Gasteiger charge is 2.07. The number of thiol groups is 1. The normalized spacial score (nSPS) is 10.8. The molecule has 1 N–H and O–H groups in total. The molecule has 0 saturated carbocycles. The van der Waals surface area contributed by atoms with Crippen molar-refractivity contribution in [2.45, 2.75) is 25.2 Å². The van der Waals surface area contributed by atoms with E-state index in [0.29, 0.717) is 24.6 Å². The first kappa shape index (κ1) is 16.0. The predicted octanol–water partition coefficient (Wildman–Crippen LogP) is 2.91. The van der Waals surface area contributed by atoms with Gasteiger partial charge in [-0.2, -0.15) is 0 Å². The number of hydrogen-bond donors (Lipinski definition) is 2. The van der Waals surface area contributed by atoms with Crippen molar-refractivity contribution in [2.24, 2.45) is 5.92 Å². The molecule has 1 aromatic rings. The number of amides is 1. The van der Waals surface area contributed by atoms with Crippen molar-refractivity contribution in [2.75, 3.05) is 19.8 Å². The summed E-state index contributed by atoms with van der Waals surface area (Å²) < 4.78 is 18.4. The molecule has 0 heterocycles. The Kier molecular flexibility index (Phi) is 6.87. The van der Waals surface area contributed by atoms with Crippen LogP contribution in [0, 0.1) is 11.7 Å². The van der Waals surface area contributed by atoms with Crippen LogP contribution in [0.25, 0.3) is 0 Å². The number of halogens is 1. The third-order valence-electron chi connectivity index (χ3n) is 2.41. The lowest BCUT2D eigenvalue weighted by molar-refractivity contribution is 0.0924. The van der Waals surface area contributed by atoms with E-state index in [2.05, 4.69) is 31.8 Å². The summed E-state index contributed by atoms with van der Waals surface area (Å²) in [6.07, 6.45) is 0.757. The highest BCUT2D eigenvalue weighted by molar-refractivity contribution is 7.80. The molecule has 0 bridgehead atoms. The Morgan fingerprint density at radius 2 is 2.21 bits per heavy atom. The number of carbonyl (C=O) groups excluding carboxylic acids is 1. The van der Waals surface area contributed by atoms with Crippen LogP contribution in [0.2, 0.25) is 0 Å². The molecule has 0 aromatic heterocycles. The minimum Gasteiger partial charge on any atom is -0.381 e. The quantitative estimate of drug-likeness (QED) is 0.597. The minimum atomic E-state index is -0.429. The van der Waals surface area contributed by atoms with Gasteiger partial charge in [-0.1, -0.05) is 13.8 Å². The monoisotopic (exact) mass is 285 g/mol. The first-order chi connectivity index (χ1) is 9.00. The molecule has 0 spiro atoms. The second kappa shape index (κ2) is 8.17. The van der Waals surface area contributed by atoms with Crippen molar-refractivity contribution >= 4 is 18.5 Å². The smallest absolute Gasteiger partial charge is 0.251 e. The number of hydrogen-bond acceptors (Lipinski definition) is 3. The number of rotatable bonds is 7. The molecule has 0 aliphatic heterocycles. The molecular weight excluding hydrogens is 265 g/mol. The summed E-state index contributed by atoms with van der Waals surface area (Å²) in [5, 5.41) is 2.76. The Morgan fingerprint density at radius 1 is 1.47 bits per heavy atom. The summed E-state index contributed by atoms with van der Waals surface area (Å²) >= 11 is 3.94. The molecule has 106 valence electrons. The Bertz CT molecular complexity index is 424. The first-order valence-electron chi connectivity index (χ1n) is 6.35. The zero-order chi connectivity index (χ0) is 14.3. The fourth-order valence-electron chi connectivity index (χ4n) is 1.45. The Morgan fingerprint density at radius 3 is 2.84 bits per heavy atom. The van der Waals surface area contributed by atoms with Gasteiger partial charge in [-0.15, -0.1) is 12.6 Å². The molecule has 0 aliphatic rings. The molecule has 19 heavy (non-hydrogen) atoms. The van der Waals surface area contributed by atoms with Gasteiger partial charge in [0.25, 0.3) is 5.91 Å². The lowest BCUT2D eigenvalue weighted by Gasteiger charge is -2.08. The number of benzene rings is 1. The van der Waals surface area contributed by atoms with Gasteiger partial charge in [0, 0.05) is 30.2 Å². The molecular formula is C14H20FNO2S. The molecule has 0 fully saturated rings. The lowest BCUT2D eigenvalue weighted by Crippen LogP contribution is -2.25. The molecule has 0 atom stereocenters. The summed E-state index contributed by atoms with van der Waals surface area (Å²) in [6.45, 7) is 6.07. The molecule has 5 heteroatoms. The highest BCUT2D eigenvalue weighted by atomic mass is 32.1. The second-order valence-electron chi connectivity index (χ2n) is 4.74. The van der Waals surface area contributed by atoms with Crippen LogP contribution in [0.4, 0.5) is 4.39 Å². The van der Waals surface area contributed by atoms with E-state index in [1.165, 1.54) is 18.2 Å². The SMILES string of the molecule is CC(C)COCCCNC(=O)c1ccc(F)c(S)c1. The van der Waals surface area contributed by atoms with Crippen LogP contribution in [0.5, 0.6) is 0 Å². The van der Waals surface area contributed by atoms with Crippen LogP contribution in [-0.4, -0.2) is 25.7 Å². The van der Waals surface area contributed by atoms with E-state index in [1.807, 2.05) is 0 Å². The summed E-state index contributed by atoms with van der Waals surface area (Å²) in [7, 11) is 0. The van der Waals surface area contributed by atoms with Gasteiger partial charge in [-0.3, -0.25) is 4.79 Å². The molecule has 0 saturated heterocycles. The van der Waals surface area contributed by atoms with Crippen LogP contribution in [-0.2, 0) is 4.74 Å². The fourth-order valence-corrected chi connectivity index (χ4v) is 1.66. The molecule has 0 aliphatic carbocycles. The zero-order valence-electron chi connectivity index (χ0n) is 11.3. The lowest BCUT2D eigenvalue weighted by atomic mass is 10.2. The molecule has 1 aromatic carbocycles. The van der Waals surface area contributed by atoms with Gasteiger partial charge in [0.1, 0.15) is 5.82 Å². The van der Waals surface area contributed by atoms with Gasteiger partial charge in [-0.25, -0.2) is 4.39 Å². The maximum absolute atomic E-state index is 13.0. The van der Waals surface area contributed by atoms with Crippen LogP contribution in [0.3, 0.4) is 0 Å². The standard InChI is InChI=1S/C14H20FNO2S/c1-10(2)9-18-7-3-6-16-14(17)11-4-5-12(15)13(19)8-11/h4-5,8,10,19H,3,6-7,9H2,1-2H3,(H,16,17). The van der Waals surface area contributed by atoms with E-state index in [1.54, 1.807) is 0 Å². The highest BCUT2D eigenvalue weighted by Crippen LogP contribution is 2.13. The van der Waals surface area contributed by atoms with Gasteiger partial charge >= 0.3 is 0 Å². The number of carbonyl (C=O) groups is 1. The van der Waals surface area contributed by atoms with Gasteiger partial charge in [0.15, 0.2) is 0 Å². The molecule has 3 nitrogen and oxygen atoms in total. The van der Waals surface area contributed by atoms with E-state index in [-0.39, 0.29) is 10.8 Å². The largest absolute Gasteiger partial charge is 0.381 e. The number of nitrogens with one attached hydrogen (secondary N) is 1. The van der Waals surface area contributed by atoms with Crippen molar-refractivity contribution < 1.29 is 13.9 Å². The zero-order valence-corrected chi connectivity index (χ0v) is 12.2. The maximum Gasteiger partial charge on any atom is 0.251 e. The first-order valence-corrected chi connectivity index (χ1v) is 6.80. The van der Waals surface area contributed by atoms with Crippen molar-refractivity contribution in [3.05, 3.63) is 29.6 Å². The van der Waals surface area contributed by atoms with Crippen molar-refractivity contribution in [1.82, 2.24) is 5.32 Å². The summed E-state index contributed by atoms with van der Waals surface area (Å²) in [5.41, 5.74) is 0.412. The van der Waals surface area contributed by atoms with Crippen LogP contribution >= 0.6 is 12.6 Å². The average Bonchev–Trinajstić information content (AvgIpc) is 2.36. The van der Waals surface area contributed by atoms with Gasteiger partial charge < -0.3 is 10.1 Å². The topological polar surface area (TPSA) is 38.3 Å². The molecule has 1 rings (SSSR count). The van der Waals surface area contributed by atoms with E-state index < -0.39 is 5.82 Å². The van der Waals surface area contributed by atoms with E-state index >= 15 is 0 Å². The van der Waals surface area contributed by atoms with Crippen LogP contribution in [0.1, 0.15) is 30.6 Å². The molecule has 0 unspecified atom stereocenters. The summed E-state index contributed by atoms with van der Waals surface area (Å²) in [6, 6.07) is 4.10. The third-order valence-corrected chi connectivity index (χ3v) is 2.75. The fraction of sp³-hybridized carbons (Fsp3) is 0.500. The number of ether oxygens (including phenoxy) is 1. The Hall–Kier alpha value is -1.07. The van der Waals surface area contributed by atoms with Crippen molar-refractivity contribution in [1.29, 1.82) is 0 Å². The maximum atomic E-state index is 13.0. The van der Waals surface area contributed by atoms with E-state index in [4.69, 9.17) is 4.74 Å². The summed E-state index contributed by atoms with van der Waals surface area (Å²) in [4.78, 5) is 11.9. The van der Waals surface area contributed by atoms with E-state index in [9.17, 15) is 9.18 Å². The molecule has 1 amide bonds. The Balaban J connectivity index is 2.26. The predicted molar refractivity (Wildman–Crippen MR) is 76.3 cm³/mol. The third kappa shape index (κ3) is 6.07. The Labute approximate surface area is 118 Å². The van der Waals surface area contributed by atoms with Gasteiger partial charge in [0.05, 0.1) is 0 Å². The van der Waals surface area contributed by atoms with Crippen molar-refractivity contribution in [3.8, 4) is 0 Å². The van der Waals surface area contributed by atoms with Gasteiger partial charge in [0.2, 0.25) is 0 Å².